The van der Waals surface area contributed by atoms with E-state index in [1.807, 2.05) is 0 Å². The quantitative estimate of drug-likeness (QED) is 0.441. The SMILES string of the molecule is COc1cc(N)c2nc(Oc3ccc(F)cc3)ccc2c1Oc1ccc(F)cc1. The number of halogens is 2. The Kier molecular flexibility index (Phi) is 4.87. The number of methoxy groups -OCH3 is 1. The first kappa shape index (κ1) is 18.5. The van der Waals surface area contributed by atoms with Crippen molar-refractivity contribution in [2.24, 2.45) is 0 Å². The van der Waals surface area contributed by atoms with Crippen LogP contribution in [0.5, 0.6) is 28.9 Å². The molecule has 7 heteroatoms. The lowest BCUT2D eigenvalue weighted by atomic mass is 10.1. The summed E-state index contributed by atoms with van der Waals surface area (Å²) < 4.78 is 43.2. The lowest BCUT2D eigenvalue weighted by Crippen LogP contribution is -1.98. The van der Waals surface area contributed by atoms with Gasteiger partial charge in [-0.05, 0) is 54.6 Å². The molecule has 3 aromatic carbocycles. The monoisotopic (exact) mass is 394 g/mol. The van der Waals surface area contributed by atoms with Crippen LogP contribution in [0.1, 0.15) is 0 Å². The Morgan fingerprint density at radius 1 is 0.793 bits per heavy atom. The third-order valence-corrected chi connectivity index (χ3v) is 4.19. The summed E-state index contributed by atoms with van der Waals surface area (Å²) in [5.74, 6) is 1.24. The first-order valence-corrected chi connectivity index (χ1v) is 8.67. The molecule has 0 fully saturated rings. The molecule has 5 nitrogen and oxygen atoms in total. The highest BCUT2D eigenvalue weighted by atomic mass is 19.1. The smallest absolute Gasteiger partial charge is 0.219 e. The molecule has 1 heterocycles. The van der Waals surface area contributed by atoms with E-state index in [-0.39, 0.29) is 17.5 Å². The number of nitrogen functional groups attached to an aromatic ring is 1. The lowest BCUT2D eigenvalue weighted by Gasteiger charge is -2.15. The lowest BCUT2D eigenvalue weighted by molar-refractivity contribution is 0.381. The van der Waals surface area contributed by atoms with Gasteiger partial charge in [0.2, 0.25) is 5.88 Å². The fraction of sp³-hybridized carbons (Fsp3) is 0.0455. The Morgan fingerprint density at radius 2 is 1.38 bits per heavy atom. The van der Waals surface area contributed by atoms with Crippen molar-refractivity contribution in [2.75, 3.05) is 12.8 Å². The standard InChI is InChI=1S/C22H16F2N2O3/c1-27-19-12-18(25)21-17(22(19)29-16-8-4-14(24)5-9-16)10-11-20(26-21)28-15-6-2-13(23)3-7-15/h2-12H,25H2,1H3. The average Bonchev–Trinajstić information content (AvgIpc) is 2.73. The molecule has 0 atom stereocenters. The Hall–Kier alpha value is -3.87. The minimum absolute atomic E-state index is 0.286. The molecule has 0 bridgehead atoms. The van der Waals surface area contributed by atoms with E-state index >= 15 is 0 Å². The summed E-state index contributed by atoms with van der Waals surface area (Å²) in [6.45, 7) is 0. The maximum absolute atomic E-state index is 13.2. The van der Waals surface area contributed by atoms with Gasteiger partial charge in [-0.1, -0.05) is 0 Å². The van der Waals surface area contributed by atoms with Gasteiger partial charge in [0.15, 0.2) is 11.5 Å². The van der Waals surface area contributed by atoms with Gasteiger partial charge in [0, 0.05) is 17.5 Å². The second-order valence-electron chi connectivity index (χ2n) is 6.15. The summed E-state index contributed by atoms with van der Waals surface area (Å²) in [5.41, 5.74) is 6.96. The van der Waals surface area contributed by atoms with Crippen LogP contribution in [0.15, 0.2) is 66.7 Å². The van der Waals surface area contributed by atoms with Crippen LogP contribution in [-0.4, -0.2) is 12.1 Å². The molecule has 0 amide bonds. The van der Waals surface area contributed by atoms with Gasteiger partial charge in [0.25, 0.3) is 0 Å². The molecule has 4 aromatic rings. The van der Waals surface area contributed by atoms with Gasteiger partial charge in [-0.2, -0.15) is 0 Å². The molecule has 0 spiro atoms. The summed E-state index contributed by atoms with van der Waals surface area (Å²) in [5, 5.41) is 0.595. The molecule has 0 saturated carbocycles. The van der Waals surface area contributed by atoms with E-state index in [0.29, 0.717) is 39.6 Å². The van der Waals surface area contributed by atoms with Crippen molar-refractivity contribution >= 4 is 16.6 Å². The highest BCUT2D eigenvalue weighted by molar-refractivity contribution is 5.97. The fourth-order valence-corrected chi connectivity index (χ4v) is 2.81. The van der Waals surface area contributed by atoms with E-state index in [2.05, 4.69) is 4.98 Å². The first-order valence-electron chi connectivity index (χ1n) is 8.67. The Labute approximate surface area is 165 Å². The molecule has 0 saturated heterocycles. The maximum Gasteiger partial charge on any atom is 0.219 e. The van der Waals surface area contributed by atoms with Crippen LogP contribution in [0.25, 0.3) is 10.9 Å². The number of pyridine rings is 1. The van der Waals surface area contributed by atoms with Crippen LogP contribution in [-0.2, 0) is 0 Å². The Morgan fingerprint density at radius 3 is 1.97 bits per heavy atom. The zero-order valence-corrected chi connectivity index (χ0v) is 15.4. The van der Waals surface area contributed by atoms with E-state index in [1.165, 1.54) is 55.6 Å². The van der Waals surface area contributed by atoms with Crippen molar-refractivity contribution in [1.82, 2.24) is 4.98 Å². The van der Waals surface area contributed by atoms with Crippen molar-refractivity contribution in [3.8, 4) is 28.9 Å². The second kappa shape index (κ2) is 7.63. The van der Waals surface area contributed by atoms with Gasteiger partial charge in [-0.15, -0.1) is 0 Å². The Balaban J connectivity index is 1.75. The zero-order valence-electron chi connectivity index (χ0n) is 15.4. The van der Waals surface area contributed by atoms with Gasteiger partial charge in [0.1, 0.15) is 28.7 Å². The number of nitrogens with two attached hydrogens (primary N) is 1. The highest BCUT2D eigenvalue weighted by Crippen LogP contribution is 2.42. The molecule has 0 aliphatic rings. The van der Waals surface area contributed by atoms with Crippen molar-refractivity contribution in [3.05, 3.63) is 78.4 Å². The number of ether oxygens (including phenoxy) is 3. The molecular formula is C22H16F2N2O3. The predicted molar refractivity (Wildman–Crippen MR) is 106 cm³/mol. The molecule has 0 aliphatic carbocycles. The van der Waals surface area contributed by atoms with Crippen LogP contribution in [0.3, 0.4) is 0 Å². The number of hydrogen-bond donors (Lipinski definition) is 1. The van der Waals surface area contributed by atoms with Gasteiger partial charge in [-0.3, -0.25) is 0 Å². The summed E-state index contributed by atoms with van der Waals surface area (Å²) in [6.07, 6.45) is 0. The van der Waals surface area contributed by atoms with Gasteiger partial charge >= 0.3 is 0 Å². The van der Waals surface area contributed by atoms with Crippen LogP contribution >= 0.6 is 0 Å². The van der Waals surface area contributed by atoms with E-state index < -0.39 is 0 Å². The van der Waals surface area contributed by atoms with E-state index in [1.54, 1.807) is 18.2 Å². The van der Waals surface area contributed by atoms with Gasteiger partial charge in [0.05, 0.1) is 12.8 Å². The zero-order chi connectivity index (χ0) is 20.4. The minimum atomic E-state index is -0.365. The van der Waals surface area contributed by atoms with Crippen molar-refractivity contribution < 1.29 is 23.0 Å². The molecular weight excluding hydrogens is 378 g/mol. The summed E-state index contributed by atoms with van der Waals surface area (Å²) in [4.78, 5) is 4.45. The number of fused-ring (bicyclic) bond motifs is 1. The summed E-state index contributed by atoms with van der Waals surface area (Å²) >= 11 is 0. The molecule has 29 heavy (non-hydrogen) atoms. The first-order chi connectivity index (χ1) is 14.0. The highest BCUT2D eigenvalue weighted by Gasteiger charge is 2.16. The normalized spacial score (nSPS) is 10.7. The van der Waals surface area contributed by atoms with Crippen molar-refractivity contribution in [3.63, 3.8) is 0 Å². The molecule has 0 aliphatic heterocycles. The number of rotatable bonds is 5. The largest absolute Gasteiger partial charge is 0.493 e. The van der Waals surface area contributed by atoms with Crippen LogP contribution in [0, 0.1) is 11.6 Å². The van der Waals surface area contributed by atoms with Crippen LogP contribution in [0.4, 0.5) is 14.5 Å². The number of benzene rings is 3. The number of aromatic nitrogens is 1. The summed E-state index contributed by atoms with van der Waals surface area (Å²) in [7, 11) is 1.50. The van der Waals surface area contributed by atoms with Crippen molar-refractivity contribution in [2.45, 2.75) is 0 Å². The van der Waals surface area contributed by atoms with Crippen molar-refractivity contribution in [1.29, 1.82) is 0 Å². The third kappa shape index (κ3) is 3.89. The molecule has 0 unspecified atom stereocenters. The minimum Gasteiger partial charge on any atom is -0.493 e. The molecule has 4 rings (SSSR count). The molecule has 1 aromatic heterocycles. The average molecular weight is 394 g/mol. The topological polar surface area (TPSA) is 66.6 Å². The second-order valence-corrected chi connectivity index (χ2v) is 6.15. The number of nitrogens with zero attached hydrogens (tertiary/aromatic N) is 1. The van der Waals surface area contributed by atoms with Gasteiger partial charge in [-0.25, -0.2) is 13.8 Å². The van der Waals surface area contributed by atoms with E-state index in [4.69, 9.17) is 19.9 Å². The molecule has 146 valence electrons. The Bertz CT molecular complexity index is 1160. The van der Waals surface area contributed by atoms with Gasteiger partial charge < -0.3 is 19.9 Å². The maximum atomic E-state index is 13.2. The van der Waals surface area contributed by atoms with Crippen LogP contribution < -0.4 is 19.9 Å². The fourth-order valence-electron chi connectivity index (χ4n) is 2.81. The third-order valence-electron chi connectivity index (χ3n) is 4.19. The van der Waals surface area contributed by atoms with E-state index in [9.17, 15) is 8.78 Å². The number of anilines is 1. The van der Waals surface area contributed by atoms with Crippen LogP contribution in [0.2, 0.25) is 0 Å². The number of hydrogen-bond acceptors (Lipinski definition) is 5. The summed E-state index contributed by atoms with van der Waals surface area (Å²) in [6, 6.07) is 16.2. The molecule has 0 radical (unpaired) electrons. The van der Waals surface area contributed by atoms with E-state index in [0.717, 1.165) is 0 Å². The molecule has 2 N–H and O–H groups in total. The predicted octanol–water partition coefficient (Wildman–Crippen LogP) is 5.69.